The zero-order valence-electron chi connectivity index (χ0n) is 5.26. The van der Waals surface area contributed by atoms with Crippen LogP contribution in [0, 0.1) is 0 Å². The summed E-state index contributed by atoms with van der Waals surface area (Å²) < 4.78 is 0. The lowest BCUT2D eigenvalue weighted by molar-refractivity contribution is -0.124. The molecule has 1 heterocycles. The highest BCUT2D eigenvalue weighted by atomic mass is 16.2. The minimum Gasteiger partial charge on any atom is -0.515 e. The van der Waals surface area contributed by atoms with Crippen LogP contribution in [0.4, 0.5) is 0 Å². The molecule has 1 saturated heterocycles. The van der Waals surface area contributed by atoms with E-state index in [0.29, 0.717) is 12.8 Å². The van der Waals surface area contributed by atoms with Crippen molar-refractivity contribution in [3.63, 3.8) is 0 Å². The van der Waals surface area contributed by atoms with Crippen molar-refractivity contribution in [2.45, 2.75) is 6.42 Å². The third kappa shape index (κ3) is 1.00. The topological polar surface area (TPSA) is 66.4 Å². The summed E-state index contributed by atoms with van der Waals surface area (Å²) in [6.45, 7) is 0.370. The monoisotopic (exact) mass is 141 g/mol. The average Bonchev–Trinajstić information content (AvgIpc) is 1.88. The molecule has 0 spiro atoms. The molecule has 0 saturated carbocycles. The number of aliphatic hydroxyl groups is 1. The third-order valence-corrected chi connectivity index (χ3v) is 1.31. The number of carbonyl (C=O) groups is 2. The molecule has 0 bridgehead atoms. The molecule has 4 heteroatoms. The van der Waals surface area contributed by atoms with Gasteiger partial charge in [0.15, 0.2) is 5.78 Å². The highest BCUT2D eigenvalue weighted by Gasteiger charge is 2.22. The molecule has 0 atom stereocenters. The van der Waals surface area contributed by atoms with Gasteiger partial charge in [0.2, 0.25) is 0 Å². The number of rotatable bonds is 0. The second-order valence-corrected chi connectivity index (χ2v) is 1.97. The first-order valence-electron chi connectivity index (χ1n) is 2.91. The maximum atomic E-state index is 10.7. The van der Waals surface area contributed by atoms with Crippen molar-refractivity contribution >= 4 is 11.7 Å². The van der Waals surface area contributed by atoms with E-state index in [0.717, 1.165) is 0 Å². The Balaban J connectivity index is 2.83. The van der Waals surface area contributed by atoms with Crippen molar-refractivity contribution in [3.05, 3.63) is 11.8 Å². The van der Waals surface area contributed by atoms with E-state index in [4.69, 9.17) is 5.11 Å². The number of piperidine rings is 1. The number of aliphatic hydroxyl groups excluding tert-OH is 1. The van der Waals surface area contributed by atoms with Gasteiger partial charge in [-0.25, -0.2) is 0 Å². The van der Waals surface area contributed by atoms with Crippen LogP contribution in [0.2, 0.25) is 0 Å². The minimum absolute atomic E-state index is 0.147. The fourth-order valence-electron chi connectivity index (χ4n) is 0.777. The van der Waals surface area contributed by atoms with Gasteiger partial charge in [0, 0.05) is 13.0 Å². The van der Waals surface area contributed by atoms with E-state index in [1.54, 1.807) is 0 Å². The van der Waals surface area contributed by atoms with Crippen molar-refractivity contribution in [2.75, 3.05) is 6.54 Å². The van der Waals surface area contributed by atoms with Gasteiger partial charge in [-0.15, -0.1) is 0 Å². The van der Waals surface area contributed by atoms with Gasteiger partial charge in [-0.1, -0.05) is 0 Å². The lowest BCUT2D eigenvalue weighted by Gasteiger charge is -2.11. The van der Waals surface area contributed by atoms with Gasteiger partial charge in [-0.2, -0.15) is 0 Å². The second kappa shape index (κ2) is 2.51. The van der Waals surface area contributed by atoms with Crippen LogP contribution in [0.25, 0.3) is 0 Å². The van der Waals surface area contributed by atoms with E-state index in [-0.39, 0.29) is 17.8 Å². The average molecular weight is 141 g/mol. The number of Topliss-reactive ketones (excluding diaryl/α,β-unsaturated/α-hetero) is 1. The van der Waals surface area contributed by atoms with Crippen LogP contribution < -0.4 is 5.32 Å². The highest BCUT2D eigenvalue weighted by molar-refractivity contribution is 6.20. The van der Waals surface area contributed by atoms with Gasteiger partial charge < -0.3 is 10.4 Å². The minimum atomic E-state index is -0.487. The first-order valence-corrected chi connectivity index (χ1v) is 2.91. The van der Waals surface area contributed by atoms with E-state index in [9.17, 15) is 9.59 Å². The summed E-state index contributed by atoms with van der Waals surface area (Å²) in [7, 11) is 0. The lowest BCUT2D eigenvalue weighted by atomic mass is 10.1. The normalized spacial score (nSPS) is 23.0. The lowest BCUT2D eigenvalue weighted by Crippen LogP contribution is -2.36. The number of carbonyl (C=O) groups excluding carboxylic acids is 2. The Morgan fingerprint density at radius 3 is 2.60 bits per heavy atom. The number of hydrogen-bond donors (Lipinski definition) is 2. The Hall–Kier alpha value is -1.32. The molecule has 1 aliphatic rings. The van der Waals surface area contributed by atoms with Gasteiger partial charge in [0.1, 0.15) is 5.57 Å². The van der Waals surface area contributed by atoms with E-state index < -0.39 is 5.91 Å². The van der Waals surface area contributed by atoms with Crippen LogP contribution in [-0.2, 0) is 9.59 Å². The van der Waals surface area contributed by atoms with E-state index in [2.05, 4.69) is 5.32 Å². The summed E-state index contributed by atoms with van der Waals surface area (Å²) in [5.74, 6) is -0.787. The summed E-state index contributed by atoms with van der Waals surface area (Å²) >= 11 is 0. The summed E-state index contributed by atoms with van der Waals surface area (Å²) in [5.41, 5.74) is -0.147. The van der Waals surface area contributed by atoms with Gasteiger partial charge in [-0.05, 0) is 0 Å². The Morgan fingerprint density at radius 1 is 1.50 bits per heavy atom. The van der Waals surface area contributed by atoms with E-state index in [1.165, 1.54) is 0 Å². The largest absolute Gasteiger partial charge is 0.515 e. The Kier molecular flexibility index (Phi) is 1.71. The van der Waals surface area contributed by atoms with Gasteiger partial charge in [-0.3, -0.25) is 9.59 Å². The van der Waals surface area contributed by atoms with E-state index >= 15 is 0 Å². The Labute approximate surface area is 57.5 Å². The quantitative estimate of drug-likeness (QED) is 0.272. The molecule has 0 unspecified atom stereocenters. The Morgan fingerprint density at radius 2 is 2.20 bits per heavy atom. The summed E-state index contributed by atoms with van der Waals surface area (Å²) in [5, 5.41) is 10.8. The molecule has 0 aromatic rings. The molecular weight excluding hydrogens is 134 g/mol. The smallest absolute Gasteiger partial charge is 0.258 e. The number of ketones is 1. The third-order valence-electron chi connectivity index (χ3n) is 1.31. The predicted molar refractivity (Wildman–Crippen MR) is 33.3 cm³/mol. The molecule has 0 aliphatic carbocycles. The standard InChI is InChI=1S/C6H7NO3/c8-3-4-5(9)1-2-7-6(4)10/h3,8H,1-2H2,(H,7,10)/b4-3-. The first kappa shape index (κ1) is 6.80. The SMILES string of the molecule is O=C1CCNC(=O)/C1=C\O. The maximum absolute atomic E-state index is 10.7. The number of amides is 1. The van der Waals surface area contributed by atoms with Gasteiger partial charge in [0.25, 0.3) is 5.91 Å². The Bertz CT molecular complexity index is 189. The molecule has 1 rings (SSSR count). The molecule has 0 aromatic carbocycles. The van der Waals surface area contributed by atoms with Crippen molar-refractivity contribution in [2.24, 2.45) is 0 Å². The van der Waals surface area contributed by atoms with Crippen molar-refractivity contribution < 1.29 is 14.7 Å². The summed E-state index contributed by atoms with van der Waals surface area (Å²) in [6, 6.07) is 0. The fourth-order valence-corrected chi connectivity index (χ4v) is 0.777. The molecule has 0 aromatic heterocycles. The van der Waals surface area contributed by atoms with Gasteiger partial charge >= 0.3 is 0 Å². The van der Waals surface area contributed by atoms with Gasteiger partial charge in [0.05, 0.1) is 6.26 Å². The fraction of sp³-hybridized carbons (Fsp3) is 0.333. The molecule has 4 nitrogen and oxygen atoms in total. The molecule has 0 radical (unpaired) electrons. The van der Waals surface area contributed by atoms with Crippen molar-refractivity contribution in [3.8, 4) is 0 Å². The molecule has 2 N–H and O–H groups in total. The van der Waals surface area contributed by atoms with Crippen LogP contribution in [0.15, 0.2) is 11.8 Å². The molecule has 1 fully saturated rings. The van der Waals surface area contributed by atoms with Crippen LogP contribution in [0.1, 0.15) is 6.42 Å². The molecule has 1 aliphatic heterocycles. The van der Waals surface area contributed by atoms with Crippen LogP contribution in [-0.4, -0.2) is 23.3 Å². The zero-order chi connectivity index (χ0) is 7.56. The van der Waals surface area contributed by atoms with E-state index in [1.807, 2.05) is 0 Å². The van der Waals surface area contributed by atoms with Crippen molar-refractivity contribution in [1.29, 1.82) is 0 Å². The van der Waals surface area contributed by atoms with Crippen LogP contribution in [0.5, 0.6) is 0 Å². The summed E-state index contributed by atoms with van der Waals surface area (Å²) in [6.07, 6.45) is 0.828. The first-order chi connectivity index (χ1) is 4.75. The molecular formula is C6H7NO3. The summed E-state index contributed by atoms with van der Waals surface area (Å²) in [4.78, 5) is 21.4. The van der Waals surface area contributed by atoms with Crippen molar-refractivity contribution in [1.82, 2.24) is 5.32 Å². The van der Waals surface area contributed by atoms with Crippen LogP contribution >= 0.6 is 0 Å². The molecule has 10 heavy (non-hydrogen) atoms. The highest BCUT2D eigenvalue weighted by Crippen LogP contribution is 2.03. The number of hydrogen-bond acceptors (Lipinski definition) is 3. The van der Waals surface area contributed by atoms with Crippen LogP contribution in [0.3, 0.4) is 0 Å². The predicted octanol–water partition coefficient (Wildman–Crippen LogP) is -0.483. The molecule has 54 valence electrons. The zero-order valence-corrected chi connectivity index (χ0v) is 5.26. The second-order valence-electron chi connectivity index (χ2n) is 1.97. The number of nitrogens with one attached hydrogen (secondary N) is 1. The molecule has 1 amide bonds. The maximum Gasteiger partial charge on any atom is 0.258 e.